The first-order valence-electron chi connectivity index (χ1n) is 9.66. The van der Waals surface area contributed by atoms with Crippen LogP contribution in [0.2, 0.25) is 0 Å². The molecule has 3 amide bonds. The van der Waals surface area contributed by atoms with Crippen LogP contribution in [0.5, 0.6) is 5.88 Å². The van der Waals surface area contributed by atoms with Gasteiger partial charge >= 0.3 is 12.0 Å². The number of aliphatic carboxylic acids is 1. The Bertz CT molecular complexity index is 1070. The van der Waals surface area contributed by atoms with E-state index in [0.29, 0.717) is 11.4 Å². The van der Waals surface area contributed by atoms with E-state index < -0.39 is 42.2 Å². The number of carbonyl (C=O) groups is 4. The van der Waals surface area contributed by atoms with Crippen LogP contribution in [0, 0.1) is 0 Å². The van der Waals surface area contributed by atoms with E-state index in [0.717, 1.165) is 11.1 Å². The standard InChI is InChI=1S/C22H22N4O6/c1-26-9-8-17(27)20(21(26)30)25-22(31)24-16(11-19(28)29)14-5-3-4-13(10-14)15-6-7-18(32-2)23-12-15/h3-10,12,16,20H,11H2,1-2H3,(H,28,29)(H2,24,25,31)/t16-,20?/m0/s1. The summed E-state index contributed by atoms with van der Waals surface area (Å²) in [5.41, 5.74) is 2.08. The number of pyridine rings is 1. The molecule has 0 aliphatic carbocycles. The van der Waals surface area contributed by atoms with Crippen LogP contribution in [-0.2, 0) is 14.4 Å². The van der Waals surface area contributed by atoms with E-state index in [1.807, 2.05) is 12.1 Å². The molecular weight excluding hydrogens is 416 g/mol. The van der Waals surface area contributed by atoms with Crippen LogP contribution in [0.3, 0.4) is 0 Å². The molecule has 1 aromatic carbocycles. The van der Waals surface area contributed by atoms with Gasteiger partial charge < -0.3 is 25.4 Å². The number of ether oxygens (including phenoxy) is 1. The van der Waals surface area contributed by atoms with Crippen molar-refractivity contribution < 1.29 is 29.0 Å². The van der Waals surface area contributed by atoms with Gasteiger partial charge in [0.1, 0.15) is 0 Å². The Balaban J connectivity index is 1.79. The van der Waals surface area contributed by atoms with Crippen LogP contribution in [0.1, 0.15) is 18.0 Å². The van der Waals surface area contributed by atoms with Crippen molar-refractivity contribution in [2.75, 3.05) is 14.2 Å². The van der Waals surface area contributed by atoms with Gasteiger partial charge in [-0.05, 0) is 23.3 Å². The molecule has 3 N–H and O–H groups in total. The molecule has 0 saturated heterocycles. The van der Waals surface area contributed by atoms with Crippen molar-refractivity contribution in [2.24, 2.45) is 0 Å². The second-order valence-electron chi connectivity index (χ2n) is 7.08. The number of hydrogen-bond donors (Lipinski definition) is 3. The van der Waals surface area contributed by atoms with E-state index in [1.165, 1.54) is 31.3 Å². The molecule has 0 saturated carbocycles. The Labute approximate surface area is 183 Å². The van der Waals surface area contributed by atoms with E-state index >= 15 is 0 Å². The molecule has 32 heavy (non-hydrogen) atoms. The molecule has 10 nitrogen and oxygen atoms in total. The number of aromatic nitrogens is 1. The Kier molecular flexibility index (Phi) is 6.83. The number of nitrogens with zero attached hydrogens (tertiary/aromatic N) is 2. The minimum atomic E-state index is -1.37. The van der Waals surface area contributed by atoms with Gasteiger partial charge in [0.25, 0.3) is 5.91 Å². The summed E-state index contributed by atoms with van der Waals surface area (Å²) in [4.78, 5) is 53.4. The average molecular weight is 438 g/mol. The highest BCUT2D eigenvalue weighted by atomic mass is 16.5. The Morgan fingerprint density at radius 1 is 1.22 bits per heavy atom. The van der Waals surface area contributed by atoms with Crippen LogP contribution in [-0.4, -0.2) is 58.9 Å². The lowest BCUT2D eigenvalue weighted by Gasteiger charge is -2.25. The number of ketones is 1. The third-order valence-corrected chi connectivity index (χ3v) is 4.87. The number of carboxylic acid groups (broad SMARTS) is 1. The molecule has 2 aromatic rings. The highest BCUT2D eigenvalue weighted by Gasteiger charge is 2.32. The van der Waals surface area contributed by atoms with Crippen molar-refractivity contribution in [2.45, 2.75) is 18.5 Å². The van der Waals surface area contributed by atoms with E-state index in [1.54, 1.807) is 30.5 Å². The summed E-state index contributed by atoms with van der Waals surface area (Å²) in [6.07, 6.45) is 3.72. The zero-order valence-corrected chi connectivity index (χ0v) is 17.4. The molecule has 1 aliphatic heterocycles. The summed E-state index contributed by atoms with van der Waals surface area (Å²) < 4.78 is 5.05. The Morgan fingerprint density at radius 2 is 2.00 bits per heavy atom. The summed E-state index contributed by atoms with van der Waals surface area (Å²) in [6.45, 7) is 0. The van der Waals surface area contributed by atoms with Crippen molar-refractivity contribution in [1.82, 2.24) is 20.5 Å². The van der Waals surface area contributed by atoms with Crippen LogP contribution >= 0.6 is 0 Å². The van der Waals surface area contributed by atoms with Gasteiger partial charge in [-0.2, -0.15) is 0 Å². The summed E-state index contributed by atoms with van der Waals surface area (Å²) >= 11 is 0. The molecule has 0 radical (unpaired) electrons. The monoisotopic (exact) mass is 438 g/mol. The minimum Gasteiger partial charge on any atom is -0.481 e. The van der Waals surface area contributed by atoms with Crippen molar-refractivity contribution in [3.63, 3.8) is 0 Å². The molecule has 3 rings (SSSR count). The number of hydrogen-bond acceptors (Lipinski definition) is 6. The zero-order chi connectivity index (χ0) is 23.3. The third kappa shape index (κ3) is 5.28. The van der Waals surface area contributed by atoms with Gasteiger partial charge in [-0.1, -0.05) is 18.2 Å². The highest BCUT2D eigenvalue weighted by molar-refractivity contribution is 6.14. The van der Waals surface area contributed by atoms with Gasteiger partial charge in [0.15, 0.2) is 11.8 Å². The largest absolute Gasteiger partial charge is 0.481 e. The van der Waals surface area contributed by atoms with Gasteiger partial charge in [0, 0.05) is 37.2 Å². The van der Waals surface area contributed by atoms with E-state index in [4.69, 9.17) is 4.74 Å². The number of urea groups is 1. The van der Waals surface area contributed by atoms with Crippen LogP contribution in [0.25, 0.3) is 11.1 Å². The fourth-order valence-corrected chi connectivity index (χ4v) is 3.18. The fourth-order valence-electron chi connectivity index (χ4n) is 3.18. The molecule has 1 unspecified atom stereocenters. The van der Waals surface area contributed by atoms with Crippen molar-refractivity contribution in [1.29, 1.82) is 0 Å². The van der Waals surface area contributed by atoms with E-state index in [-0.39, 0.29) is 0 Å². The average Bonchev–Trinajstić information content (AvgIpc) is 2.79. The zero-order valence-electron chi connectivity index (χ0n) is 17.4. The highest BCUT2D eigenvalue weighted by Crippen LogP contribution is 2.25. The lowest BCUT2D eigenvalue weighted by molar-refractivity contribution is -0.138. The normalized spacial score (nSPS) is 16.4. The maximum atomic E-state index is 12.5. The molecule has 2 atom stereocenters. The van der Waals surface area contributed by atoms with E-state index in [9.17, 15) is 24.3 Å². The summed E-state index contributed by atoms with van der Waals surface area (Å²) in [7, 11) is 2.98. The lowest BCUT2D eigenvalue weighted by atomic mass is 9.98. The molecular formula is C22H22N4O6. The summed E-state index contributed by atoms with van der Waals surface area (Å²) in [5, 5.41) is 14.2. The molecule has 0 bridgehead atoms. The topological polar surface area (TPSA) is 138 Å². The van der Waals surface area contributed by atoms with Gasteiger partial charge in [-0.25, -0.2) is 9.78 Å². The molecule has 166 valence electrons. The van der Waals surface area contributed by atoms with Gasteiger partial charge in [-0.15, -0.1) is 0 Å². The summed E-state index contributed by atoms with van der Waals surface area (Å²) in [5.74, 6) is -1.82. The van der Waals surface area contributed by atoms with Crippen molar-refractivity contribution in [3.8, 4) is 17.0 Å². The number of methoxy groups -OCH3 is 1. The van der Waals surface area contributed by atoms with Crippen molar-refractivity contribution in [3.05, 3.63) is 60.4 Å². The quantitative estimate of drug-likeness (QED) is 0.557. The maximum Gasteiger partial charge on any atom is 0.316 e. The van der Waals surface area contributed by atoms with Crippen LogP contribution in [0.4, 0.5) is 4.79 Å². The maximum absolute atomic E-state index is 12.5. The van der Waals surface area contributed by atoms with Crippen LogP contribution in [0.15, 0.2) is 54.9 Å². The molecule has 1 aromatic heterocycles. The smallest absolute Gasteiger partial charge is 0.316 e. The first kappa shape index (κ1) is 22.5. The molecule has 0 spiro atoms. The minimum absolute atomic E-state index is 0.399. The lowest BCUT2D eigenvalue weighted by Crippen LogP contribution is -2.55. The van der Waals surface area contributed by atoms with E-state index in [2.05, 4.69) is 15.6 Å². The van der Waals surface area contributed by atoms with Gasteiger partial charge in [-0.3, -0.25) is 14.4 Å². The Morgan fingerprint density at radius 3 is 2.66 bits per heavy atom. The second kappa shape index (κ2) is 9.73. The fraction of sp³-hybridized carbons (Fsp3) is 0.227. The third-order valence-electron chi connectivity index (χ3n) is 4.87. The predicted molar refractivity (Wildman–Crippen MR) is 114 cm³/mol. The number of amides is 3. The number of benzene rings is 1. The molecule has 0 fully saturated rings. The molecule has 10 heteroatoms. The predicted octanol–water partition coefficient (Wildman–Crippen LogP) is 1.50. The first-order chi connectivity index (χ1) is 15.3. The number of likely N-dealkylation sites (N-methyl/N-ethyl adjacent to an activating group) is 1. The second-order valence-corrected chi connectivity index (χ2v) is 7.08. The van der Waals surface area contributed by atoms with Crippen molar-refractivity contribution >= 4 is 23.7 Å². The number of carbonyl (C=O) groups excluding carboxylic acids is 3. The Hall–Kier alpha value is -4.21. The van der Waals surface area contributed by atoms with Crippen LogP contribution < -0.4 is 15.4 Å². The van der Waals surface area contributed by atoms with Gasteiger partial charge in [0.2, 0.25) is 5.88 Å². The number of carboxylic acids is 1. The molecule has 2 heterocycles. The first-order valence-corrected chi connectivity index (χ1v) is 9.66. The van der Waals surface area contributed by atoms with Gasteiger partial charge in [0.05, 0.1) is 19.6 Å². The number of nitrogens with one attached hydrogen (secondary N) is 2. The SMILES string of the molecule is COc1ccc(-c2cccc([C@H](CC(=O)O)NC(=O)NC3C(=O)C=CN(C)C3=O)c2)cn1. The molecule has 1 aliphatic rings. The summed E-state index contributed by atoms with van der Waals surface area (Å²) in [6, 6.07) is 7.39. The number of rotatable bonds is 7.